The molecule has 220 valence electrons. The number of anilines is 2. The lowest BCUT2D eigenvalue weighted by Gasteiger charge is -2.27. The number of ether oxygens (including phenoxy) is 3. The number of aromatic amines is 1. The summed E-state index contributed by atoms with van der Waals surface area (Å²) in [6, 6.07) is 7.37. The van der Waals surface area contributed by atoms with Gasteiger partial charge in [0, 0.05) is 69.3 Å². The van der Waals surface area contributed by atoms with Crippen LogP contribution >= 0.6 is 0 Å². The molecule has 2 aliphatic heterocycles. The Bertz CT molecular complexity index is 1490. The molecule has 3 heterocycles. The maximum atomic E-state index is 13.8. The Morgan fingerprint density at radius 2 is 1.90 bits per heavy atom. The smallest absolute Gasteiger partial charge is 0.258 e. The highest BCUT2D eigenvalue weighted by molar-refractivity contribution is 7.89. The number of carbonyl (C=O) groups excluding carboxylic acids is 1. The second-order valence-electron chi connectivity index (χ2n) is 9.76. The minimum Gasteiger partial charge on any atom is -0.491 e. The molecule has 41 heavy (non-hydrogen) atoms. The van der Waals surface area contributed by atoms with Gasteiger partial charge in [-0.3, -0.25) is 9.89 Å². The van der Waals surface area contributed by atoms with Crippen molar-refractivity contribution in [2.45, 2.75) is 36.7 Å². The Kier molecular flexibility index (Phi) is 8.82. The number of hydrogen-bond donors (Lipinski definition) is 3. The Labute approximate surface area is 236 Å². The van der Waals surface area contributed by atoms with E-state index in [1.165, 1.54) is 0 Å². The Morgan fingerprint density at radius 3 is 2.63 bits per heavy atom. The Hall–Kier alpha value is -3.59. The molecule has 0 spiro atoms. The summed E-state index contributed by atoms with van der Waals surface area (Å²) < 4.78 is 71.2. The first-order valence-corrected chi connectivity index (χ1v) is 14.6. The number of carbonyl (C=O) groups is 1. The van der Waals surface area contributed by atoms with E-state index < -0.39 is 32.5 Å². The van der Waals surface area contributed by atoms with E-state index in [0.717, 1.165) is 29.3 Å². The number of nitrogens with zero attached hydrogens (tertiary/aromatic N) is 2. The molecule has 0 bridgehead atoms. The van der Waals surface area contributed by atoms with E-state index in [4.69, 9.17) is 14.2 Å². The number of hydrogen-bond acceptors (Lipinski definition) is 8. The number of methoxy groups -OCH3 is 1. The second-order valence-corrected chi connectivity index (χ2v) is 11.7. The first-order chi connectivity index (χ1) is 19.7. The highest BCUT2D eigenvalue weighted by Crippen LogP contribution is 2.31. The number of H-pyrrole nitrogens is 1. The van der Waals surface area contributed by atoms with Crippen LogP contribution < -0.4 is 15.4 Å². The summed E-state index contributed by atoms with van der Waals surface area (Å²) >= 11 is 0. The van der Waals surface area contributed by atoms with Crippen LogP contribution in [0.3, 0.4) is 0 Å². The van der Waals surface area contributed by atoms with Crippen molar-refractivity contribution in [2.75, 3.05) is 50.7 Å². The molecule has 3 N–H and O–H groups in total. The number of sulfonamides is 1. The van der Waals surface area contributed by atoms with Gasteiger partial charge in [-0.05, 0) is 37.1 Å². The van der Waals surface area contributed by atoms with E-state index >= 15 is 0 Å². The summed E-state index contributed by atoms with van der Waals surface area (Å²) in [4.78, 5) is 13.0. The highest BCUT2D eigenvalue weighted by atomic mass is 32.2. The summed E-state index contributed by atoms with van der Waals surface area (Å²) in [5.74, 6) is -1.69. The van der Waals surface area contributed by atoms with Crippen molar-refractivity contribution in [3.8, 4) is 5.75 Å². The summed E-state index contributed by atoms with van der Waals surface area (Å²) in [6.45, 7) is 1.93. The summed E-state index contributed by atoms with van der Waals surface area (Å²) in [6.07, 6.45) is 1.84. The van der Waals surface area contributed by atoms with E-state index in [-0.39, 0.29) is 31.4 Å². The Morgan fingerprint density at radius 1 is 1.15 bits per heavy atom. The molecule has 1 fully saturated rings. The van der Waals surface area contributed by atoms with Crippen LogP contribution in [0.2, 0.25) is 0 Å². The van der Waals surface area contributed by atoms with E-state index in [1.807, 2.05) is 0 Å². The molecule has 1 aromatic heterocycles. The second kappa shape index (κ2) is 12.5. The van der Waals surface area contributed by atoms with Gasteiger partial charge >= 0.3 is 0 Å². The normalized spacial score (nSPS) is 16.3. The number of halogens is 2. The number of amides is 1. The van der Waals surface area contributed by atoms with Crippen molar-refractivity contribution < 1.29 is 36.2 Å². The van der Waals surface area contributed by atoms with E-state index in [2.05, 4.69) is 20.8 Å². The molecule has 0 atom stereocenters. The highest BCUT2D eigenvalue weighted by Gasteiger charge is 2.32. The zero-order valence-corrected chi connectivity index (χ0v) is 23.2. The van der Waals surface area contributed by atoms with Gasteiger partial charge in [0.15, 0.2) is 5.82 Å². The number of benzene rings is 2. The van der Waals surface area contributed by atoms with E-state index in [0.29, 0.717) is 60.8 Å². The molecule has 1 amide bonds. The lowest BCUT2D eigenvalue weighted by Crippen LogP contribution is -2.36. The lowest BCUT2D eigenvalue weighted by molar-refractivity contribution is 0.0904. The monoisotopic (exact) mass is 591 g/mol. The van der Waals surface area contributed by atoms with Crippen molar-refractivity contribution in [3.05, 3.63) is 64.9 Å². The number of fused-ring (bicyclic) bond motifs is 1. The fraction of sp³-hybridized carbons (Fsp3) is 0.407. The number of rotatable bonds is 10. The van der Waals surface area contributed by atoms with Crippen LogP contribution in [0.25, 0.3) is 0 Å². The third kappa shape index (κ3) is 6.67. The zero-order valence-electron chi connectivity index (χ0n) is 22.4. The van der Waals surface area contributed by atoms with Crippen molar-refractivity contribution in [1.82, 2.24) is 14.5 Å². The molecule has 14 heteroatoms. The van der Waals surface area contributed by atoms with Gasteiger partial charge in [-0.2, -0.15) is 9.40 Å². The predicted octanol–water partition coefficient (Wildman–Crippen LogP) is 3.30. The molecule has 0 radical (unpaired) electrons. The van der Waals surface area contributed by atoms with Crippen LogP contribution in [-0.2, 0) is 32.5 Å². The molecule has 0 unspecified atom stereocenters. The maximum absolute atomic E-state index is 13.8. The van der Waals surface area contributed by atoms with Gasteiger partial charge in [-0.25, -0.2) is 17.2 Å². The van der Waals surface area contributed by atoms with Gasteiger partial charge < -0.3 is 24.8 Å². The SMILES string of the molecule is COCCOc1ccc(C(=O)Nc2n[nH]c3c2CN(S(=O)(=O)c2cc(F)cc(F)c2)CC3)c(NC2CCOCC2)c1. The van der Waals surface area contributed by atoms with Crippen LogP contribution in [0.4, 0.5) is 20.3 Å². The summed E-state index contributed by atoms with van der Waals surface area (Å²) in [7, 11) is -2.62. The van der Waals surface area contributed by atoms with Gasteiger partial charge in [-0.1, -0.05) is 0 Å². The quantitative estimate of drug-likeness (QED) is 0.306. The minimum absolute atomic E-state index is 0.0761. The average molecular weight is 592 g/mol. The van der Waals surface area contributed by atoms with Crippen LogP contribution in [0.5, 0.6) is 5.75 Å². The Balaban J connectivity index is 1.36. The maximum Gasteiger partial charge on any atom is 0.258 e. The first kappa shape index (κ1) is 28.9. The molecular formula is C27H31F2N5O6S. The lowest BCUT2D eigenvalue weighted by atomic mass is 10.1. The first-order valence-electron chi connectivity index (χ1n) is 13.2. The van der Waals surface area contributed by atoms with Crippen molar-refractivity contribution >= 4 is 27.4 Å². The molecule has 1 saturated heterocycles. The molecule has 0 saturated carbocycles. The van der Waals surface area contributed by atoms with Gasteiger partial charge in [0.1, 0.15) is 24.0 Å². The van der Waals surface area contributed by atoms with E-state index in [1.54, 1.807) is 25.3 Å². The predicted molar refractivity (Wildman–Crippen MR) is 145 cm³/mol. The fourth-order valence-corrected chi connectivity index (χ4v) is 6.27. The van der Waals surface area contributed by atoms with Gasteiger partial charge in [0.25, 0.3) is 5.91 Å². The third-order valence-electron chi connectivity index (χ3n) is 6.98. The molecule has 2 aromatic carbocycles. The number of nitrogens with one attached hydrogen (secondary N) is 3. The standard InChI is InChI=1S/C27H31F2N5O6S/c1-38-10-11-40-20-2-3-22(25(15-20)30-19-5-8-39-9-6-19)27(35)31-26-23-16-34(7-4-24(23)32-33-26)41(36,37)21-13-17(28)12-18(29)14-21/h2-3,12-15,19,30H,4-11,16H2,1H3,(H2,31,32,33,35). The molecular weight excluding hydrogens is 560 g/mol. The van der Waals surface area contributed by atoms with Gasteiger partial charge in [-0.15, -0.1) is 0 Å². The number of aromatic nitrogens is 2. The van der Waals surface area contributed by atoms with Crippen LogP contribution in [0, 0.1) is 11.6 Å². The summed E-state index contributed by atoms with van der Waals surface area (Å²) in [5, 5.41) is 13.3. The average Bonchev–Trinajstić information content (AvgIpc) is 3.35. The molecule has 0 aliphatic carbocycles. The van der Waals surface area contributed by atoms with Crippen LogP contribution in [0.15, 0.2) is 41.3 Å². The van der Waals surface area contributed by atoms with Crippen molar-refractivity contribution in [1.29, 1.82) is 0 Å². The van der Waals surface area contributed by atoms with Crippen molar-refractivity contribution in [2.24, 2.45) is 0 Å². The molecule has 3 aromatic rings. The molecule has 5 rings (SSSR count). The van der Waals surface area contributed by atoms with Gasteiger partial charge in [0.05, 0.1) is 22.8 Å². The third-order valence-corrected chi connectivity index (χ3v) is 8.80. The zero-order chi connectivity index (χ0) is 29.0. The largest absolute Gasteiger partial charge is 0.491 e. The fourth-order valence-electron chi connectivity index (χ4n) is 4.82. The van der Waals surface area contributed by atoms with Gasteiger partial charge in [0.2, 0.25) is 10.0 Å². The molecule has 11 nitrogen and oxygen atoms in total. The minimum atomic E-state index is -4.21. The van der Waals surface area contributed by atoms with Crippen LogP contribution in [-0.4, -0.2) is 75.0 Å². The van der Waals surface area contributed by atoms with E-state index in [9.17, 15) is 22.0 Å². The topological polar surface area (TPSA) is 135 Å². The van der Waals surface area contributed by atoms with Crippen LogP contribution in [0.1, 0.15) is 34.5 Å². The van der Waals surface area contributed by atoms with Crippen molar-refractivity contribution in [3.63, 3.8) is 0 Å². The molecule has 2 aliphatic rings. The summed E-state index contributed by atoms with van der Waals surface area (Å²) in [5.41, 5.74) is 2.07.